The number of amidine groups is 1. The van der Waals surface area contributed by atoms with Crippen molar-refractivity contribution in [3.8, 4) is 0 Å². The molecule has 0 amide bonds. The average Bonchev–Trinajstić information content (AvgIpc) is 3.36. The molecule has 2 heterocycles. The van der Waals surface area contributed by atoms with Gasteiger partial charge in [0.05, 0.1) is 21.9 Å². The lowest BCUT2D eigenvalue weighted by molar-refractivity contribution is 0.330. The summed E-state index contributed by atoms with van der Waals surface area (Å²) >= 11 is 3.72. The first kappa shape index (κ1) is 21.5. The fourth-order valence-corrected chi connectivity index (χ4v) is 7.88. The van der Waals surface area contributed by atoms with Gasteiger partial charge in [-0.1, -0.05) is 71.6 Å². The van der Waals surface area contributed by atoms with Gasteiger partial charge >= 0.3 is 0 Å². The molecule has 0 spiro atoms. The van der Waals surface area contributed by atoms with Crippen LogP contribution in [0.5, 0.6) is 0 Å². The van der Waals surface area contributed by atoms with Crippen molar-refractivity contribution in [1.29, 1.82) is 0 Å². The van der Waals surface area contributed by atoms with Crippen molar-refractivity contribution in [2.24, 2.45) is 4.99 Å². The topological polar surface area (TPSA) is 40.5 Å². The van der Waals surface area contributed by atoms with Crippen LogP contribution >= 0.6 is 23.1 Å². The Morgan fingerprint density at radius 1 is 1.03 bits per heavy atom. The van der Waals surface area contributed by atoms with Crippen molar-refractivity contribution in [2.45, 2.75) is 49.9 Å². The molecule has 6 heteroatoms. The molecule has 0 radical (unpaired) electrons. The summed E-state index contributed by atoms with van der Waals surface area (Å²) in [6, 6.07) is 25.3. The number of thiazole rings is 1. The molecule has 1 aliphatic heterocycles. The van der Waals surface area contributed by atoms with E-state index in [0.717, 1.165) is 35.7 Å². The average molecular weight is 497 g/mol. The second kappa shape index (κ2) is 8.68. The Morgan fingerprint density at radius 2 is 1.89 bits per heavy atom. The molecular formula is C29H28N4S2. The fourth-order valence-electron chi connectivity index (χ4n) is 5.43. The summed E-state index contributed by atoms with van der Waals surface area (Å²) in [5, 5.41) is 6.33. The number of anilines is 1. The number of hydrogen-bond donors (Lipinski definition) is 1. The quantitative estimate of drug-likeness (QED) is 0.308. The molecule has 2 fully saturated rings. The third-order valence-electron chi connectivity index (χ3n) is 7.34. The molecule has 4 aromatic rings. The Balaban J connectivity index is 1.03. The first-order chi connectivity index (χ1) is 17.2. The number of nitrogens with zero attached hydrogens (tertiary/aromatic N) is 3. The molecule has 176 valence electrons. The Labute approximate surface area is 214 Å². The van der Waals surface area contributed by atoms with Crippen LogP contribution in [-0.4, -0.2) is 32.9 Å². The van der Waals surface area contributed by atoms with Crippen molar-refractivity contribution in [3.05, 3.63) is 89.0 Å². The minimum absolute atomic E-state index is 0.499. The van der Waals surface area contributed by atoms with E-state index in [0.29, 0.717) is 17.3 Å². The van der Waals surface area contributed by atoms with Gasteiger partial charge in [0.1, 0.15) is 0 Å². The van der Waals surface area contributed by atoms with Crippen LogP contribution in [0.2, 0.25) is 0 Å². The monoisotopic (exact) mass is 496 g/mol. The van der Waals surface area contributed by atoms with Crippen molar-refractivity contribution in [2.75, 3.05) is 11.9 Å². The number of nitrogens with one attached hydrogen (secondary N) is 1. The minimum atomic E-state index is 0.499. The van der Waals surface area contributed by atoms with E-state index in [1.807, 2.05) is 11.8 Å². The van der Waals surface area contributed by atoms with Crippen LogP contribution in [0.3, 0.4) is 0 Å². The maximum Gasteiger partial charge on any atom is 0.183 e. The fraction of sp³-hybridized carbons (Fsp3) is 0.310. The molecule has 3 aromatic carbocycles. The van der Waals surface area contributed by atoms with Crippen LogP contribution in [0, 0.1) is 6.92 Å². The van der Waals surface area contributed by atoms with Crippen LogP contribution < -0.4 is 5.32 Å². The third-order valence-corrected chi connectivity index (χ3v) is 9.55. The van der Waals surface area contributed by atoms with Crippen molar-refractivity contribution in [3.63, 3.8) is 0 Å². The first-order valence-corrected chi connectivity index (χ1v) is 14.2. The molecule has 0 bridgehead atoms. The smallest absolute Gasteiger partial charge is 0.183 e. The van der Waals surface area contributed by atoms with Crippen molar-refractivity contribution >= 4 is 49.3 Å². The second-order valence-electron chi connectivity index (χ2n) is 9.82. The van der Waals surface area contributed by atoms with Crippen LogP contribution in [0.15, 0.2) is 71.7 Å². The zero-order chi connectivity index (χ0) is 23.4. The number of benzene rings is 3. The molecule has 7 rings (SSSR count). The van der Waals surface area contributed by atoms with Crippen LogP contribution in [0.25, 0.3) is 10.2 Å². The highest BCUT2D eigenvalue weighted by Gasteiger charge is 2.50. The number of rotatable bonds is 6. The van der Waals surface area contributed by atoms with Gasteiger partial charge in [-0.25, -0.2) is 9.98 Å². The number of hydrogen-bond acceptors (Lipinski definition) is 5. The number of aryl methyl sites for hydroxylation is 1. The summed E-state index contributed by atoms with van der Waals surface area (Å²) in [6.45, 7) is 3.00. The maximum absolute atomic E-state index is 5.14. The SMILES string of the molecule is Cc1cccc2sc(NCCc3ccc(N=C4SC5Cc6ccccc6[C@@H]5N4C4CC4)cc3)nc12. The summed E-state index contributed by atoms with van der Waals surface area (Å²) in [5.41, 5.74) is 7.78. The second-order valence-corrected chi connectivity index (χ2v) is 12.1. The molecule has 3 aliphatic rings. The molecule has 1 saturated heterocycles. The van der Waals surface area contributed by atoms with Gasteiger partial charge in [0, 0.05) is 17.8 Å². The van der Waals surface area contributed by atoms with Gasteiger partial charge in [-0.15, -0.1) is 0 Å². The summed E-state index contributed by atoms with van der Waals surface area (Å²) in [5.74, 6) is 0. The largest absolute Gasteiger partial charge is 0.361 e. The number of para-hydroxylation sites is 1. The summed E-state index contributed by atoms with van der Waals surface area (Å²) < 4.78 is 1.24. The van der Waals surface area contributed by atoms with E-state index in [4.69, 9.17) is 9.98 Å². The summed E-state index contributed by atoms with van der Waals surface area (Å²) in [4.78, 5) is 12.5. The van der Waals surface area contributed by atoms with Crippen LogP contribution in [0.4, 0.5) is 10.8 Å². The zero-order valence-corrected chi connectivity index (χ0v) is 21.4. The Bertz CT molecular complexity index is 1420. The van der Waals surface area contributed by atoms with E-state index in [1.54, 1.807) is 11.3 Å². The van der Waals surface area contributed by atoms with Gasteiger partial charge in [-0.2, -0.15) is 0 Å². The van der Waals surface area contributed by atoms with E-state index < -0.39 is 0 Å². The van der Waals surface area contributed by atoms with Gasteiger partial charge in [0.2, 0.25) is 0 Å². The molecule has 2 aliphatic carbocycles. The third kappa shape index (κ3) is 4.03. The standard InChI is InChI=1S/C29H28N4S2/c1-18-5-4-8-24-26(18)32-28(34-24)30-16-15-19-9-11-21(12-10-19)31-29-33(22-13-14-22)27-23-7-3-2-6-20(23)17-25(27)35-29/h2-12,22,25,27H,13-17H2,1H3,(H,30,32)/t25?,27-/m0/s1. The Morgan fingerprint density at radius 3 is 2.71 bits per heavy atom. The van der Waals surface area contributed by atoms with Crippen LogP contribution in [0.1, 0.15) is 41.1 Å². The number of aliphatic imine (C=N–C) groups is 1. The number of aromatic nitrogens is 1. The molecule has 1 N–H and O–H groups in total. The first-order valence-electron chi connectivity index (χ1n) is 12.5. The molecule has 2 atom stereocenters. The van der Waals surface area contributed by atoms with E-state index in [9.17, 15) is 0 Å². The highest BCUT2D eigenvalue weighted by atomic mass is 32.2. The van der Waals surface area contributed by atoms with Gasteiger partial charge in [0.15, 0.2) is 10.3 Å². The Kier molecular flexibility index (Phi) is 5.32. The molecule has 4 nitrogen and oxygen atoms in total. The number of thioether (sulfide) groups is 1. The predicted octanol–water partition coefficient (Wildman–Crippen LogP) is 7.12. The molecular weight excluding hydrogens is 468 g/mol. The lowest BCUT2D eigenvalue weighted by atomic mass is 10.1. The highest BCUT2D eigenvalue weighted by molar-refractivity contribution is 8.14. The van der Waals surface area contributed by atoms with Gasteiger partial charge in [-0.05, 0) is 73.1 Å². The van der Waals surface area contributed by atoms with E-state index in [2.05, 4.69) is 83.9 Å². The Hall–Kier alpha value is -2.83. The maximum atomic E-state index is 5.14. The highest BCUT2D eigenvalue weighted by Crippen LogP contribution is 2.53. The lowest BCUT2D eigenvalue weighted by Crippen LogP contribution is -2.30. The molecule has 1 saturated carbocycles. The van der Waals surface area contributed by atoms with Crippen molar-refractivity contribution < 1.29 is 0 Å². The summed E-state index contributed by atoms with van der Waals surface area (Å²) in [6.07, 6.45) is 4.72. The van der Waals surface area contributed by atoms with Crippen LogP contribution in [-0.2, 0) is 12.8 Å². The predicted molar refractivity (Wildman–Crippen MR) is 149 cm³/mol. The molecule has 35 heavy (non-hydrogen) atoms. The normalized spacial score (nSPS) is 22.1. The lowest BCUT2D eigenvalue weighted by Gasteiger charge is -2.26. The van der Waals surface area contributed by atoms with E-state index >= 15 is 0 Å². The van der Waals surface area contributed by atoms with Gasteiger partial charge < -0.3 is 10.2 Å². The molecule has 1 unspecified atom stereocenters. The van der Waals surface area contributed by atoms with Crippen molar-refractivity contribution in [1.82, 2.24) is 9.88 Å². The van der Waals surface area contributed by atoms with Gasteiger partial charge in [0.25, 0.3) is 0 Å². The number of fused-ring (bicyclic) bond motifs is 4. The minimum Gasteiger partial charge on any atom is -0.361 e. The van der Waals surface area contributed by atoms with E-state index in [1.165, 1.54) is 45.0 Å². The zero-order valence-electron chi connectivity index (χ0n) is 19.8. The van der Waals surface area contributed by atoms with Gasteiger partial charge in [-0.3, -0.25) is 0 Å². The summed E-state index contributed by atoms with van der Waals surface area (Å²) in [7, 11) is 0. The van der Waals surface area contributed by atoms with E-state index in [-0.39, 0.29) is 0 Å². The molecule has 1 aromatic heterocycles.